The molecule has 1 aliphatic heterocycles. The first-order valence-electron chi connectivity index (χ1n) is 13.4. The van der Waals surface area contributed by atoms with Crippen LogP contribution < -0.4 is 10.6 Å². The van der Waals surface area contributed by atoms with Crippen molar-refractivity contribution in [3.8, 4) is 0 Å². The van der Waals surface area contributed by atoms with E-state index in [1.807, 2.05) is 44.3 Å². The van der Waals surface area contributed by atoms with E-state index in [1.54, 1.807) is 11.8 Å². The number of H-pyrrole nitrogens is 2. The van der Waals surface area contributed by atoms with Crippen molar-refractivity contribution in [1.29, 1.82) is 0 Å². The molecule has 38 heavy (non-hydrogen) atoms. The minimum atomic E-state index is -1.13. The molecular weight excluding hydrogens is 484 g/mol. The predicted octanol–water partition coefficient (Wildman–Crippen LogP) is 4.30. The highest BCUT2D eigenvalue weighted by Crippen LogP contribution is 2.25. The van der Waals surface area contributed by atoms with Gasteiger partial charge < -0.3 is 30.6 Å². The van der Waals surface area contributed by atoms with Gasteiger partial charge in [-0.15, -0.1) is 0 Å². The van der Waals surface area contributed by atoms with Crippen LogP contribution in [0.15, 0.2) is 30.5 Å². The zero-order valence-electron chi connectivity index (χ0n) is 22.3. The number of aryl methyl sites for hydroxylation is 1. The second kappa shape index (κ2) is 12.1. The molecule has 0 saturated carbocycles. The topological polar surface area (TPSA) is 143 Å². The lowest BCUT2D eigenvalue weighted by Crippen LogP contribution is -2.52. The minimum absolute atomic E-state index is 0.0774. The molecule has 0 radical (unpaired) electrons. The van der Waals surface area contributed by atoms with Gasteiger partial charge in [0.1, 0.15) is 11.9 Å². The predicted molar refractivity (Wildman–Crippen MR) is 145 cm³/mol. The monoisotopic (exact) mass is 522 g/mol. The average Bonchev–Trinajstić information content (AvgIpc) is 3.35. The van der Waals surface area contributed by atoms with Crippen LogP contribution in [-0.4, -0.2) is 62.0 Å². The van der Waals surface area contributed by atoms with E-state index in [-0.39, 0.29) is 23.6 Å². The molecule has 0 aliphatic carbocycles. The lowest BCUT2D eigenvalue weighted by Gasteiger charge is -2.27. The van der Waals surface area contributed by atoms with E-state index >= 15 is 0 Å². The number of para-hydroxylation sites is 1. The van der Waals surface area contributed by atoms with Gasteiger partial charge in [0.05, 0.1) is 6.04 Å². The number of carbonyl (C=O) groups excluding carboxylic acids is 2. The van der Waals surface area contributed by atoms with Gasteiger partial charge in [-0.2, -0.15) is 0 Å². The smallest absolute Gasteiger partial charge is 0.356 e. The highest BCUT2D eigenvalue weighted by molar-refractivity contribution is 5.88. The molecule has 3 aromatic rings. The molecule has 1 aliphatic rings. The minimum Gasteiger partial charge on any atom is -0.476 e. The first kappa shape index (κ1) is 27.2. The summed E-state index contributed by atoms with van der Waals surface area (Å²) >= 11 is 0. The van der Waals surface area contributed by atoms with E-state index < -0.39 is 18.1 Å². The molecule has 0 bridgehead atoms. The van der Waals surface area contributed by atoms with Gasteiger partial charge in [-0.05, 0) is 43.7 Å². The first-order valence-corrected chi connectivity index (χ1v) is 13.4. The molecule has 10 heteroatoms. The highest BCUT2D eigenvalue weighted by Gasteiger charge is 2.29. The van der Waals surface area contributed by atoms with Crippen molar-refractivity contribution >= 4 is 28.8 Å². The zero-order chi connectivity index (χ0) is 27.2. The number of fused-ring (bicyclic) bond motifs is 1. The molecule has 5 N–H and O–H groups in total. The van der Waals surface area contributed by atoms with E-state index in [4.69, 9.17) is 0 Å². The molecule has 0 unspecified atom stereocenters. The van der Waals surface area contributed by atoms with Gasteiger partial charge in [-0.3, -0.25) is 4.79 Å². The summed E-state index contributed by atoms with van der Waals surface area (Å²) in [6.45, 7) is 7.05. The normalized spacial score (nSPS) is 15.7. The van der Waals surface area contributed by atoms with Crippen LogP contribution in [0.25, 0.3) is 10.9 Å². The molecule has 3 amide bonds. The van der Waals surface area contributed by atoms with Crippen molar-refractivity contribution in [3.63, 3.8) is 0 Å². The number of carbonyl (C=O) groups is 3. The third kappa shape index (κ3) is 6.54. The third-order valence-electron chi connectivity index (χ3n) is 7.07. The number of rotatable bonds is 9. The summed E-state index contributed by atoms with van der Waals surface area (Å²) in [5.41, 5.74) is 2.27. The molecule has 1 saturated heterocycles. The van der Waals surface area contributed by atoms with Crippen LogP contribution in [0.3, 0.4) is 0 Å². The fourth-order valence-electron chi connectivity index (χ4n) is 5.08. The number of benzene rings is 1. The number of likely N-dealkylation sites (tertiary alicyclic amines) is 1. The number of nitrogens with zero attached hydrogens (tertiary/aromatic N) is 2. The van der Waals surface area contributed by atoms with Gasteiger partial charge in [0.2, 0.25) is 5.91 Å². The van der Waals surface area contributed by atoms with Gasteiger partial charge in [0.25, 0.3) is 0 Å². The number of aromatic amines is 2. The lowest BCUT2D eigenvalue weighted by atomic mass is 10.0. The Hall–Kier alpha value is -3.82. The van der Waals surface area contributed by atoms with Crippen molar-refractivity contribution in [2.45, 2.75) is 71.4 Å². The van der Waals surface area contributed by atoms with E-state index in [0.717, 1.165) is 42.1 Å². The molecule has 0 spiro atoms. The Kier molecular flexibility index (Phi) is 8.70. The van der Waals surface area contributed by atoms with E-state index in [9.17, 15) is 19.5 Å². The summed E-state index contributed by atoms with van der Waals surface area (Å²) in [4.78, 5) is 50.8. The third-order valence-corrected chi connectivity index (χ3v) is 7.07. The Bertz CT molecular complexity index is 1270. The second-order valence-corrected chi connectivity index (χ2v) is 10.6. The molecule has 1 fully saturated rings. The van der Waals surface area contributed by atoms with Crippen molar-refractivity contribution in [1.82, 2.24) is 30.5 Å². The van der Waals surface area contributed by atoms with Crippen LogP contribution in [0.1, 0.15) is 79.6 Å². The Morgan fingerprint density at radius 3 is 2.45 bits per heavy atom. The van der Waals surface area contributed by atoms with E-state index in [2.05, 4.69) is 25.6 Å². The summed E-state index contributed by atoms with van der Waals surface area (Å²) in [6.07, 6.45) is 6.89. The van der Waals surface area contributed by atoms with Crippen molar-refractivity contribution in [2.75, 3.05) is 13.1 Å². The van der Waals surface area contributed by atoms with Crippen LogP contribution in [0, 0.1) is 12.8 Å². The van der Waals surface area contributed by atoms with Gasteiger partial charge >= 0.3 is 12.0 Å². The number of hydrogen-bond acceptors (Lipinski definition) is 4. The summed E-state index contributed by atoms with van der Waals surface area (Å²) in [5.74, 6) is -0.922. The van der Waals surface area contributed by atoms with Crippen LogP contribution in [-0.2, 0) is 11.2 Å². The summed E-state index contributed by atoms with van der Waals surface area (Å²) in [5, 5.41) is 16.6. The van der Waals surface area contributed by atoms with Crippen molar-refractivity contribution in [2.24, 2.45) is 5.92 Å². The fourth-order valence-corrected chi connectivity index (χ4v) is 5.08. The Morgan fingerprint density at radius 1 is 1.08 bits per heavy atom. The molecule has 10 nitrogen and oxygen atoms in total. The van der Waals surface area contributed by atoms with Crippen LogP contribution >= 0.6 is 0 Å². The van der Waals surface area contributed by atoms with Gasteiger partial charge in [0.15, 0.2) is 5.69 Å². The number of imidazole rings is 1. The molecule has 1 aromatic carbocycles. The van der Waals surface area contributed by atoms with E-state index in [0.29, 0.717) is 37.4 Å². The van der Waals surface area contributed by atoms with Crippen molar-refractivity contribution < 1.29 is 19.5 Å². The zero-order valence-corrected chi connectivity index (χ0v) is 22.3. The van der Waals surface area contributed by atoms with Crippen LogP contribution in [0.5, 0.6) is 0 Å². The van der Waals surface area contributed by atoms with Crippen molar-refractivity contribution in [3.05, 3.63) is 53.2 Å². The van der Waals surface area contributed by atoms with Crippen LogP contribution in [0.4, 0.5) is 4.79 Å². The van der Waals surface area contributed by atoms with Gasteiger partial charge in [0, 0.05) is 42.3 Å². The number of nitrogens with one attached hydrogen (secondary N) is 4. The maximum atomic E-state index is 13.7. The standard InChI is InChI=1S/C28H38N6O4/c1-17(2)14-23(32-28(38)34-12-8-4-5-9-13-34)26(35)31-22(25-30-18(3)24(33-25)27(36)37)15-19-16-29-21-11-7-6-10-20(19)21/h6-7,10-11,16-17,22-23,29H,4-5,8-9,12-15H2,1-3H3,(H,30,33)(H,31,35)(H,32,38)(H,36,37)/t22-,23+/m1/s1. The molecular formula is C28H38N6O4. The molecule has 2 aromatic heterocycles. The maximum Gasteiger partial charge on any atom is 0.356 e. The van der Waals surface area contributed by atoms with Gasteiger partial charge in [-0.1, -0.05) is 44.9 Å². The molecule has 4 rings (SSSR count). The molecule has 2 atom stereocenters. The fraction of sp³-hybridized carbons (Fsp3) is 0.500. The highest BCUT2D eigenvalue weighted by atomic mass is 16.4. The number of carboxylic acid groups (broad SMARTS) is 1. The first-order chi connectivity index (χ1) is 18.2. The number of hydrogen-bond donors (Lipinski definition) is 5. The van der Waals surface area contributed by atoms with Crippen LogP contribution in [0.2, 0.25) is 0 Å². The maximum absolute atomic E-state index is 13.7. The van der Waals surface area contributed by atoms with E-state index in [1.165, 1.54) is 0 Å². The number of urea groups is 1. The van der Waals surface area contributed by atoms with Gasteiger partial charge in [-0.25, -0.2) is 14.6 Å². The molecule has 204 valence electrons. The molecule has 3 heterocycles. The quantitative estimate of drug-likeness (QED) is 0.285. The number of amides is 3. The largest absolute Gasteiger partial charge is 0.476 e. The second-order valence-electron chi connectivity index (χ2n) is 10.6. The summed E-state index contributed by atoms with van der Waals surface area (Å²) < 4.78 is 0. The Balaban J connectivity index is 1.59. The number of aromatic nitrogens is 3. The SMILES string of the molecule is Cc1[nH]c([C@@H](Cc2c[nH]c3ccccc23)NC(=O)[C@H](CC(C)C)NC(=O)N2CCCCCC2)nc1C(=O)O. The Labute approximate surface area is 222 Å². The number of aromatic carboxylic acids is 1. The lowest BCUT2D eigenvalue weighted by molar-refractivity contribution is -0.124. The summed E-state index contributed by atoms with van der Waals surface area (Å²) in [7, 11) is 0. The average molecular weight is 523 g/mol. The number of carboxylic acids is 1. The Morgan fingerprint density at radius 2 is 1.79 bits per heavy atom. The summed E-state index contributed by atoms with van der Waals surface area (Å²) in [6, 6.07) is 6.29.